The molecule has 1 aliphatic rings. The van der Waals surface area contributed by atoms with Crippen LogP contribution in [0, 0.1) is 17.8 Å². The third-order valence-corrected chi connectivity index (χ3v) is 8.75. The molecule has 0 unspecified atom stereocenters. The van der Waals surface area contributed by atoms with Gasteiger partial charge in [-0.15, -0.1) is 0 Å². The van der Waals surface area contributed by atoms with Crippen LogP contribution in [0.3, 0.4) is 0 Å². The molecule has 1 fully saturated rings. The van der Waals surface area contributed by atoms with Gasteiger partial charge in [-0.25, -0.2) is 22.2 Å². The number of nitrogens with one attached hydrogen (secondary N) is 2. The molecule has 1 aliphatic heterocycles. The van der Waals surface area contributed by atoms with Gasteiger partial charge in [-0.05, 0) is 42.7 Å². The first-order chi connectivity index (χ1) is 22.0. The number of alkyl halides is 5. The van der Waals surface area contributed by atoms with Gasteiger partial charge in [0.05, 0.1) is 48.2 Å². The third-order valence-electron chi connectivity index (χ3n) is 7.64. The Morgan fingerprint density at radius 3 is 2.51 bits per heavy atom. The number of hydrogen-bond donors (Lipinski definition) is 2. The molecular formula is C31H36F5N5O5S. The Balaban J connectivity index is 1.57. The van der Waals surface area contributed by atoms with Gasteiger partial charge in [0.25, 0.3) is 11.8 Å². The van der Waals surface area contributed by atoms with Crippen LogP contribution in [0.25, 0.3) is 11.0 Å². The zero-order valence-corrected chi connectivity index (χ0v) is 27.1. The lowest BCUT2D eigenvalue weighted by Crippen LogP contribution is -2.52. The summed E-state index contributed by atoms with van der Waals surface area (Å²) in [5.41, 5.74) is 0.740. The number of aromatic nitrogens is 2. The second-order valence-corrected chi connectivity index (χ2v) is 13.6. The Kier molecular flexibility index (Phi) is 11.0. The summed E-state index contributed by atoms with van der Waals surface area (Å²) >= 11 is 0. The molecule has 4 rings (SSSR count). The molecule has 1 aromatic heterocycles. The van der Waals surface area contributed by atoms with Crippen molar-refractivity contribution in [2.24, 2.45) is 5.92 Å². The predicted molar refractivity (Wildman–Crippen MR) is 166 cm³/mol. The van der Waals surface area contributed by atoms with Gasteiger partial charge in [-0.2, -0.15) is 13.2 Å². The van der Waals surface area contributed by atoms with E-state index in [0.717, 1.165) is 17.2 Å². The minimum atomic E-state index is -4.55. The topological polar surface area (TPSA) is 115 Å². The van der Waals surface area contributed by atoms with E-state index in [2.05, 4.69) is 32.2 Å². The largest absolute Gasteiger partial charge is 0.495 e. The van der Waals surface area contributed by atoms with Crippen molar-refractivity contribution in [2.45, 2.75) is 42.9 Å². The van der Waals surface area contributed by atoms with E-state index in [1.165, 1.54) is 44.6 Å². The summed E-state index contributed by atoms with van der Waals surface area (Å²) in [5.74, 6) is 2.28. The molecule has 1 amide bonds. The molecule has 2 N–H and O–H groups in total. The maximum atomic E-state index is 14.1. The number of anilines is 1. The molecule has 2 heterocycles. The molecule has 10 nitrogen and oxygen atoms in total. The Bertz CT molecular complexity index is 1770. The lowest BCUT2D eigenvalue weighted by atomic mass is 9.93. The fourth-order valence-corrected chi connectivity index (χ4v) is 6.14. The second-order valence-electron chi connectivity index (χ2n) is 11.5. The van der Waals surface area contributed by atoms with Gasteiger partial charge in [0.15, 0.2) is 9.84 Å². The number of halogens is 5. The van der Waals surface area contributed by atoms with E-state index in [1.807, 2.05) is 6.92 Å². The minimum Gasteiger partial charge on any atom is -0.495 e. The Hall–Kier alpha value is -3.94. The number of benzene rings is 2. The van der Waals surface area contributed by atoms with Gasteiger partial charge in [-0.3, -0.25) is 9.69 Å². The van der Waals surface area contributed by atoms with Crippen LogP contribution in [-0.2, 0) is 21.1 Å². The van der Waals surface area contributed by atoms with Crippen molar-refractivity contribution >= 4 is 32.5 Å². The number of nitrogens with zero attached hydrogens (tertiary/aromatic N) is 3. The summed E-state index contributed by atoms with van der Waals surface area (Å²) < 4.78 is 103. The molecule has 2 aromatic carbocycles. The number of likely N-dealkylation sites (tertiary alicyclic amines) is 1. The number of fused-ring (bicyclic) bond motifs is 1. The standard InChI is InChI=1S/C31H36F5N5O5S/c1-20-15-40(16-30(32,33)18-45-2)11-9-24(20)39-29(42)23-12-21(13-26-28(23)38-19-41(26)17-31(34,35)36)6-5-10-37-25-14-22(47(4,43)44)7-8-27(25)46-3/h7-8,12-14,19-20,24,37H,9-11,15-18H2,1-4H3,(H,39,42)/t20-,24-/m0/s1. The molecule has 0 bridgehead atoms. The first kappa shape index (κ1) is 35.9. The fourth-order valence-electron chi connectivity index (χ4n) is 5.49. The molecule has 16 heteroatoms. The second kappa shape index (κ2) is 14.4. The molecule has 0 saturated carbocycles. The number of amides is 1. The first-order valence-corrected chi connectivity index (χ1v) is 16.5. The zero-order valence-electron chi connectivity index (χ0n) is 26.2. The summed E-state index contributed by atoms with van der Waals surface area (Å²) in [5, 5.41) is 5.89. The van der Waals surface area contributed by atoms with E-state index in [4.69, 9.17) is 4.74 Å². The lowest BCUT2D eigenvalue weighted by molar-refractivity contribution is -0.140. The highest BCUT2D eigenvalue weighted by Gasteiger charge is 2.36. The van der Waals surface area contributed by atoms with Gasteiger partial charge >= 0.3 is 6.18 Å². The van der Waals surface area contributed by atoms with Crippen molar-refractivity contribution in [3.05, 3.63) is 47.8 Å². The molecule has 0 spiro atoms. The number of hydrogen-bond acceptors (Lipinski definition) is 8. The highest BCUT2D eigenvalue weighted by Crippen LogP contribution is 2.28. The molecule has 1 saturated heterocycles. The first-order valence-electron chi connectivity index (χ1n) is 14.6. The van der Waals surface area contributed by atoms with Crippen molar-refractivity contribution < 1.29 is 44.6 Å². The highest BCUT2D eigenvalue weighted by atomic mass is 32.2. The maximum Gasteiger partial charge on any atom is 0.406 e. The average Bonchev–Trinajstić information content (AvgIpc) is 3.36. The van der Waals surface area contributed by atoms with E-state index < -0.39 is 47.5 Å². The van der Waals surface area contributed by atoms with Gasteiger partial charge in [0.2, 0.25) is 0 Å². The number of rotatable bonds is 11. The Morgan fingerprint density at radius 1 is 1.13 bits per heavy atom. The van der Waals surface area contributed by atoms with Crippen LogP contribution in [0.1, 0.15) is 29.3 Å². The summed E-state index contributed by atoms with van der Waals surface area (Å²) in [7, 11) is -0.863. The lowest BCUT2D eigenvalue weighted by Gasteiger charge is -2.38. The molecule has 0 aliphatic carbocycles. The SMILES string of the molecule is COCC(F)(F)CN1CC[C@H](NC(=O)c2cc(C#CCNc3cc(S(C)(=O)=O)ccc3OC)cc3c2ncn3CC(F)(F)F)[C@@H](C)C1. The molecule has 0 radical (unpaired) electrons. The molecule has 2 atom stereocenters. The molecule has 256 valence electrons. The fraction of sp³-hybridized carbons (Fsp3) is 0.484. The number of piperidine rings is 1. The highest BCUT2D eigenvalue weighted by molar-refractivity contribution is 7.90. The van der Waals surface area contributed by atoms with Crippen LogP contribution in [0.2, 0.25) is 0 Å². The number of carbonyl (C=O) groups excluding carboxylic acids is 1. The summed E-state index contributed by atoms with van der Waals surface area (Å²) in [6.45, 7) is -0.0672. The smallest absolute Gasteiger partial charge is 0.406 e. The van der Waals surface area contributed by atoms with Gasteiger partial charge in [-0.1, -0.05) is 18.8 Å². The Labute approximate surface area is 269 Å². The van der Waals surface area contributed by atoms with Crippen LogP contribution in [0.5, 0.6) is 5.75 Å². The number of sulfone groups is 1. The number of methoxy groups -OCH3 is 2. The van der Waals surface area contributed by atoms with Crippen LogP contribution in [-0.4, -0.2) is 100 Å². The number of ether oxygens (including phenoxy) is 2. The summed E-state index contributed by atoms with van der Waals surface area (Å²) in [4.78, 5) is 19.3. The number of carbonyl (C=O) groups is 1. The van der Waals surface area contributed by atoms with Crippen molar-refractivity contribution in [3.63, 3.8) is 0 Å². The maximum absolute atomic E-state index is 14.1. The normalized spacial score (nSPS) is 17.6. The predicted octanol–water partition coefficient (Wildman–Crippen LogP) is 4.20. The quantitative estimate of drug-likeness (QED) is 0.228. The molecule has 3 aromatic rings. The minimum absolute atomic E-state index is 0.00444. The van der Waals surface area contributed by atoms with Crippen molar-refractivity contribution in [1.82, 2.24) is 19.8 Å². The summed E-state index contributed by atoms with van der Waals surface area (Å²) in [6.07, 6.45) is -2.08. The monoisotopic (exact) mass is 685 g/mol. The van der Waals surface area contributed by atoms with Crippen LogP contribution in [0.15, 0.2) is 41.6 Å². The van der Waals surface area contributed by atoms with Crippen LogP contribution < -0.4 is 15.4 Å². The van der Waals surface area contributed by atoms with Crippen LogP contribution in [0.4, 0.5) is 27.6 Å². The third kappa shape index (κ3) is 9.55. The Morgan fingerprint density at radius 2 is 1.87 bits per heavy atom. The molecular weight excluding hydrogens is 649 g/mol. The summed E-state index contributed by atoms with van der Waals surface area (Å²) in [6, 6.07) is 6.77. The van der Waals surface area contributed by atoms with Crippen LogP contribution >= 0.6 is 0 Å². The number of imidazole rings is 1. The van der Waals surface area contributed by atoms with Gasteiger partial charge in [0.1, 0.15) is 24.4 Å². The van der Waals surface area contributed by atoms with E-state index >= 15 is 0 Å². The van der Waals surface area contributed by atoms with E-state index in [9.17, 15) is 35.2 Å². The zero-order chi connectivity index (χ0) is 34.6. The molecule has 47 heavy (non-hydrogen) atoms. The average molecular weight is 686 g/mol. The van der Waals surface area contributed by atoms with E-state index in [-0.39, 0.29) is 45.6 Å². The van der Waals surface area contributed by atoms with E-state index in [1.54, 1.807) is 4.90 Å². The van der Waals surface area contributed by atoms with Crippen molar-refractivity contribution in [2.75, 3.05) is 58.6 Å². The van der Waals surface area contributed by atoms with Crippen molar-refractivity contribution in [1.29, 1.82) is 0 Å². The van der Waals surface area contributed by atoms with E-state index in [0.29, 0.717) is 30.9 Å². The van der Waals surface area contributed by atoms with Crippen molar-refractivity contribution in [3.8, 4) is 17.6 Å². The van der Waals surface area contributed by atoms with Gasteiger partial charge < -0.3 is 24.7 Å². The van der Waals surface area contributed by atoms with Gasteiger partial charge in [0, 0.05) is 38.1 Å².